The number of carbonyl (C=O) groups excluding carboxylic acids is 2. The maximum atomic E-state index is 11.6. The smallest absolute Gasteiger partial charge is 0.220 e. The lowest BCUT2D eigenvalue weighted by Crippen LogP contribution is -2.45. The number of rotatable bonds is 8. The predicted octanol–water partition coefficient (Wildman–Crippen LogP) is 0.658. The van der Waals surface area contributed by atoms with Crippen LogP contribution in [0.3, 0.4) is 0 Å². The number of ether oxygens (including phenoxy) is 1. The summed E-state index contributed by atoms with van der Waals surface area (Å²) in [6.45, 7) is 0. The first-order chi connectivity index (χ1) is 9.17. The van der Waals surface area contributed by atoms with E-state index >= 15 is 0 Å². The lowest BCUT2D eigenvalue weighted by Gasteiger charge is -2.23. The Morgan fingerprint density at radius 3 is 2.68 bits per heavy atom. The third kappa shape index (κ3) is 5.63. The lowest BCUT2D eigenvalue weighted by molar-refractivity contribution is -0.130. The van der Waals surface area contributed by atoms with Gasteiger partial charge in [-0.3, -0.25) is 4.79 Å². The molecule has 5 nitrogen and oxygen atoms in total. The Morgan fingerprint density at radius 1 is 1.42 bits per heavy atom. The fraction of sp³-hybridized carbons (Fsp3) is 0.429. The molecule has 0 bridgehead atoms. The number of carbonyl (C=O) groups is 2. The summed E-state index contributed by atoms with van der Waals surface area (Å²) in [5.74, 6) is -0.274. The maximum Gasteiger partial charge on any atom is 0.220 e. The third-order valence-corrected chi connectivity index (χ3v) is 2.72. The zero-order valence-electron chi connectivity index (χ0n) is 10.9. The molecule has 104 valence electrons. The Morgan fingerprint density at radius 2 is 2.11 bits per heavy atom. The molecule has 0 saturated heterocycles. The number of aliphatic hydroxyl groups excluding tert-OH is 1. The first-order valence-electron chi connectivity index (χ1n) is 6.15. The molecule has 1 amide bonds. The van der Waals surface area contributed by atoms with Crippen molar-refractivity contribution in [3.05, 3.63) is 35.9 Å². The Balaban J connectivity index is 2.62. The van der Waals surface area contributed by atoms with Crippen molar-refractivity contribution in [1.29, 1.82) is 0 Å². The van der Waals surface area contributed by atoms with E-state index in [0.29, 0.717) is 12.7 Å². The maximum absolute atomic E-state index is 11.6. The molecule has 0 radical (unpaired) electrons. The van der Waals surface area contributed by atoms with Gasteiger partial charge in [0.2, 0.25) is 5.91 Å². The van der Waals surface area contributed by atoms with Crippen molar-refractivity contribution in [3.63, 3.8) is 0 Å². The molecule has 0 aromatic heterocycles. The lowest BCUT2D eigenvalue weighted by atomic mass is 10.1. The van der Waals surface area contributed by atoms with Crippen molar-refractivity contribution in [2.45, 2.75) is 31.6 Å². The summed E-state index contributed by atoms with van der Waals surface area (Å²) in [5.41, 5.74) is 0.985. The van der Waals surface area contributed by atoms with Crippen LogP contribution in [0.5, 0.6) is 0 Å². The van der Waals surface area contributed by atoms with Gasteiger partial charge in [-0.2, -0.15) is 0 Å². The van der Waals surface area contributed by atoms with Crippen LogP contribution < -0.4 is 5.32 Å². The molecule has 1 rings (SSSR count). The largest absolute Gasteiger partial charge is 0.366 e. The second kappa shape index (κ2) is 8.39. The van der Waals surface area contributed by atoms with Gasteiger partial charge in [-0.25, -0.2) is 0 Å². The molecule has 0 aliphatic rings. The molecule has 0 heterocycles. The molecule has 19 heavy (non-hydrogen) atoms. The summed E-state index contributed by atoms with van der Waals surface area (Å²) < 4.78 is 4.86. The second-order valence-electron chi connectivity index (χ2n) is 4.20. The number of amides is 1. The minimum Gasteiger partial charge on any atom is -0.366 e. The predicted molar refractivity (Wildman–Crippen MR) is 70.4 cm³/mol. The molecule has 0 aliphatic heterocycles. The SMILES string of the molecule is COC(O)C(Cc1ccccc1)NC(=O)CCC=O. The first-order valence-corrected chi connectivity index (χ1v) is 6.15. The van der Waals surface area contributed by atoms with E-state index < -0.39 is 12.3 Å². The number of hydrogen-bond acceptors (Lipinski definition) is 4. The number of aldehydes is 1. The summed E-state index contributed by atoms with van der Waals surface area (Å²) in [4.78, 5) is 21.8. The molecule has 2 N–H and O–H groups in total. The van der Waals surface area contributed by atoms with Gasteiger partial charge in [0.05, 0.1) is 6.04 Å². The van der Waals surface area contributed by atoms with Gasteiger partial charge in [0, 0.05) is 20.0 Å². The van der Waals surface area contributed by atoms with Gasteiger partial charge in [-0.15, -0.1) is 0 Å². The quantitative estimate of drug-likeness (QED) is 0.535. The van der Waals surface area contributed by atoms with Crippen LogP contribution in [0.2, 0.25) is 0 Å². The summed E-state index contributed by atoms with van der Waals surface area (Å²) in [7, 11) is 1.38. The molecule has 1 aromatic rings. The Bertz CT molecular complexity index is 394. The van der Waals surface area contributed by atoms with Crippen molar-refractivity contribution in [2.24, 2.45) is 0 Å². The highest BCUT2D eigenvalue weighted by atomic mass is 16.6. The molecule has 0 saturated carbocycles. The molecule has 0 spiro atoms. The van der Waals surface area contributed by atoms with E-state index in [1.807, 2.05) is 30.3 Å². The minimum absolute atomic E-state index is 0.116. The molecule has 5 heteroatoms. The van der Waals surface area contributed by atoms with Gasteiger partial charge in [0.25, 0.3) is 0 Å². The Kier molecular flexibility index (Phi) is 6.78. The van der Waals surface area contributed by atoms with Gasteiger partial charge in [-0.05, 0) is 12.0 Å². The Hall–Kier alpha value is -1.72. The van der Waals surface area contributed by atoms with E-state index in [-0.39, 0.29) is 18.7 Å². The molecular weight excluding hydrogens is 246 g/mol. The van der Waals surface area contributed by atoms with Gasteiger partial charge < -0.3 is 20.0 Å². The van der Waals surface area contributed by atoms with Crippen molar-refractivity contribution in [2.75, 3.05) is 7.11 Å². The average Bonchev–Trinajstić information content (AvgIpc) is 2.44. The van der Waals surface area contributed by atoms with E-state index in [2.05, 4.69) is 5.32 Å². The zero-order valence-corrected chi connectivity index (χ0v) is 10.9. The average molecular weight is 265 g/mol. The highest BCUT2D eigenvalue weighted by Crippen LogP contribution is 2.07. The number of nitrogens with one attached hydrogen (secondary N) is 1. The molecule has 2 atom stereocenters. The summed E-state index contributed by atoms with van der Waals surface area (Å²) >= 11 is 0. The Labute approximate surface area is 112 Å². The highest BCUT2D eigenvalue weighted by Gasteiger charge is 2.21. The number of methoxy groups -OCH3 is 1. The van der Waals surface area contributed by atoms with Gasteiger partial charge in [0.1, 0.15) is 6.29 Å². The van der Waals surface area contributed by atoms with Crippen molar-refractivity contribution >= 4 is 12.2 Å². The van der Waals surface area contributed by atoms with Crippen molar-refractivity contribution in [3.8, 4) is 0 Å². The summed E-state index contributed by atoms with van der Waals surface area (Å²) in [6.07, 6.45) is 0.361. The van der Waals surface area contributed by atoms with E-state index in [1.165, 1.54) is 7.11 Å². The fourth-order valence-electron chi connectivity index (χ4n) is 1.72. The van der Waals surface area contributed by atoms with Crippen LogP contribution in [0.1, 0.15) is 18.4 Å². The number of benzene rings is 1. The molecular formula is C14H19NO4. The van der Waals surface area contributed by atoms with Crippen LogP contribution >= 0.6 is 0 Å². The minimum atomic E-state index is -1.08. The standard InChI is InChI=1S/C14H19NO4/c1-19-14(18)12(15-13(17)8-5-9-16)10-11-6-3-2-4-7-11/h2-4,6-7,9,12,14,18H,5,8,10H2,1H3,(H,15,17). The first kappa shape index (κ1) is 15.3. The number of aliphatic hydroxyl groups is 1. The van der Waals surface area contributed by atoms with Crippen LogP contribution in [-0.4, -0.2) is 36.7 Å². The zero-order chi connectivity index (χ0) is 14.1. The third-order valence-electron chi connectivity index (χ3n) is 2.72. The van der Waals surface area contributed by atoms with Crippen LogP contribution in [0.15, 0.2) is 30.3 Å². The van der Waals surface area contributed by atoms with E-state index in [1.54, 1.807) is 0 Å². The van der Waals surface area contributed by atoms with Crippen LogP contribution in [0.25, 0.3) is 0 Å². The van der Waals surface area contributed by atoms with Crippen molar-refractivity contribution < 1.29 is 19.4 Å². The topological polar surface area (TPSA) is 75.6 Å². The van der Waals surface area contributed by atoms with Crippen LogP contribution in [-0.2, 0) is 20.7 Å². The van der Waals surface area contributed by atoms with Gasteiger partial charge >= 0.3 is 0 Å². The number of hydrogen-bond donors (Lipinski definition) is 2. The van der Waals surface area contributed by atoms with E-state index in [0.717, 1.165) is 5.56 Å². The monoisotopic (exact) mass is 265 g/mol. The van der Waals surface area contributed by atoms with Crippen LogP contribution in [0.4, 0.5) is 0 Å². The van der Waals surface area contributed by atoms with Crippen molar-refractivity contribution in [1.82, 2.24) is 5.32 Å². The molecule has 2 unspecified atom stereocenters. The van der Waals surface area contributed by atoms with Gasteiger partial charge in [-0.1, -0.05) is 30.3 Å². The van der Waals surface area contributed by atoms with Crippen LogP contribution in [0, 0.1) is 0 Å². The normalized spacial score (nSPS) is 13.6. The van der Waals surface area contributed by atoms with E-state index in [9.17, 15) is 14.7 Å². The molecule has 0 fully saturated rings. The van der Waals surface area contributed by atoms with E-state index in [4.69, 9.17) is 4.74 Å². The second-order valence-corrected chi connectivity index (χ2v) is 4.20. The molecule has 1 aromatic carbocycles. The highest BCUT2D eigenvalue weighted by molar-refractivity contribution is 5.78. The summed E-state index contributed by atoms with van der Waals surface area (Å²) in [5, 5.41) is 12.4. The fourth-order valence-corrected chi connectivity index (χ4v) is 1.72. The summed E-state index contributed by atoms with van der Waals surface area (Å²) in [6, 6.07) is 8.96. The molecule has 0 aliphatic carbocycles. The van der Waals surface area contributed by atoms with Gasteiger partial charge in [0.15, 0.2) is 6.29 Å².